The summed E-state index contributed by atoms with van der Waals surface area (Å²) in [6.45, 7) is 5.02. The first kappa shape index (κ1) is 19.7. The number of hydrogen-bond donors (Lipinski definition) is 0. The molecule has 3 aliphatic rings. The van der Waals surface area contributed by atoms with Crippen LogP contribution in [0, 0.1) is 25.7 Å². The molecule has 0 radical (unpaired) electrons. The van der Waals surface area contributed by atoms with Gasteiger partial charge in [0.25, 0.3) is 0 Å². The van der Waals surface area contributed by atoms with Gasteiger partial charge in [-0.2, -0.15) is 0 Å². The highest BCUT2D eigenvalue weighted by molar-refractivity contribution is 7.90. The van der Waals surface area contributed by atoms with Crippen LogP contribution in [0.3, 0.4) is 0 Å². The number of nitrogens with zero attached hydrogens (tertiary/aromatic N) is 4. The van der Waals surface area contributed by atoms with E-state index in [4.69, 9.17) is 9.47 Å². The smallest absolute Gasteiger partial charge is 0.229 e. The van der Waals surface area contributed by atoms with Crippen LogP contribution in [0.25, 0.3) is 0 Å². The summed E-state index contributed by atoms with van der Waals surface area (Å²) >= 11 is 0. The summed E-state index contributed by atoms with van der Waals surface area (Å²) in [6.07, 6.45) is 6.53. The molecule has 2 unspecified atom stereocenters. The highest BCUT2D eigenvalue weighted by Crippen LogP contribution is 2.43. The number of sulfonamides is 1. The third-order valence-electron chi connectivity index (χ3n) is 6.41. The largest absolute Gasteiger partial charge is 0.474 e. The molecule has 1 saturated heterocycles. The average molecular weight is 431 g/mol. The molecule has 9 heteroatoms. The molecule has 0 amide bonds. The Hall–Kier alpha value is -2.26. The standard InChI is InChI=1S/C21H26N4O4S/c1-13-20(23-12-24-21(13)29-19-4-3-7-22-14(19)2)28-17-8-15-10-25(11-16(15)9-17)30(26,27)18-5-6-18/h3-4,7,12,15-18H,5-6,8-11H2,1-2H3. The van der Waals surface area contributed by atoms with Gasteiger partial charge in [0.15, 0.2) is 5.75 Å². The fraction of sp³-hybridized carbons (Fsp3) is 0.571. The Bertz CT molecular complexity index is 1040. The molecule has 0 N–H and O–H groups in total. The molecule has 1 aliphatic heterocycles. The molecule has 0 bridgehead atoms. The van der Waals surface area contributed by atoms with Crippen molar-refractivity contribution >= 4 is 10.0 Å². The summed E-state index contributed by atoms with van der Waals surface area (Å²) in [4.78, 5) is 12.8. The van der Waals surface area contributed by atoms with Crippen LogP contribution in [0.15, 0.2) is 24.7 Å². The van der Waals surface area contributed by atoms with Crippen LogP contribution in [-0.2, 0) is 10.0 Å². The third-order valence-corrected chi connectivity index (χ3v) is 8.75. The van der Waals surface area contributed by atoms with Gasteiger partial charge in [0.05, 0.1) is 16.5 Å². The molecule has 160 valence electrons. The van der Waals surface area contributed by atoms with Crippen LogP contribution in [0.4, 0.5) is 0 Å². The molecule has 3 heterocycles. The van der Waals surface area contributed by atoms with Gasteiger partial charge < -0.3 is 9.47 Å². The molecule has 2 aromatic heterocycles. The van der Waals surface area contributed by atoms with Gasteiger partial charge in [-0.15, -0.1) is 0 Å². The molecule has 0 spiro atoms. The van der Waals surface area contributed by atoms with Crippen molar-refractivity contribution < 1.29 is 17.9 Å². The maximum absolute atomic E-state index is 12.5. The number of pyridine rings is 1. The van der Waals surface area contributed by atoms with Gasteiger partial charge in [-0.1, -0.05) is 0 Å². The van der Waals surface area contributed by atoms with Crippen molar-refractivity contribution in [3.63, 3.8) is 0 Å². The zero-order chi connectivity index (χ0) is 20.9. The summed E-state index contributed by atoms with van der Waals surface area (Å²) < 4.78 is 38.9. The maximum Gasteiger partial charge on any atom is 0.229 e. The maximum atomic E-state index is 12.5. The molecule has 0 aromatic carbocycles. The van der Waals surface area contributed by atoms with E-state index in [1.165, 1.54) is 6.33 Å². The van der Waals surface area contributed by atoms with Crippen molar-refractivity contribution in [1.29, 1.82) is 0 Å². The van der Waals surface area contributed by atoms with Crippen molar-refractivity contribution in [1.82, 2.24) is 19.3 Å². The Morgan fingerprint density at radius 1 is 1.03 bits per heavy atom. The predicted octanol–water partition coefficient (Wildman–Crippen LogP) is 2.86. The zero-order valence-electron chi connectivity index (χ0n) is 17.2. The molecule has 3 fully saturated rings. The van der Waals surface area contributed by atoms with Gasteiger partial charge in [-0.05, 0) is 63.5 Å². The van der Waals surface area contributed by atoms with Crippen molar-refractivity contribution in [2.75, 3.05) is 13.1 Å². The third kappa shape index (κ3) is 3.65. The van der Waals surface area contributed by atoms with Gasteiger partial charge >= 0.3 is 0 Å². The summed E-state index contributed by atoms with van der Waals surface area (Å²) in [5.74, 6) is 2.35. The lowest BCUT2D eigenvalue weighted by atomic mass is 10.0. The minimum absolute atomic E-state index is 0.0346. The number of rotatable bonds is 6. The normalized spacial score (nSPS) is 26.5. The second-order valence-corrected chi connectivity index (χ2v) is 10.8. The van der Waals surface area contributed by atoms with Crippen molar-refractivity contribution in [3.8, 4) is 17.5 Å². The summed E-state index contributed by atoms with van der Waals surface area (Å²) in [5.41, 5.74) is 1.53. The van der Waals surface area contributed by atoms with E-state index < -0.39 is 10.0 Å². The van der Waals surface area contributed by atoms with Gasteiger partial charge in [0.2, 0.25) is 21.8 Å². The van der Waals surface area contributed by atoms with Gasteiger partial charge in [-0.25, -0.2) is 22.7 Å². The van der Waals surface area contributed by atoms with Crippen LogP contribution < -0.4 is 9.47 Å². The first-order valence-electron chi connectivity index (χ1n) is 10.5. The molecular formula is C21H26N4O4S. The fourth-order valence-electron chi connectivity index (χ4n) is 4.56. The Morgan fingerprint density at radius 2 is 1.73 bits per heavy atom. The monoisotopic (exact) mass is 430 g/mol. The van der Waals surface area contributed by atoms with E-state index in [1.807, 2.05) is 26.0 Å². The second kappa shape index (κ2) is 7.46. The van der Waals surface area contributed by atoms with Gasteiger partial charge in [0.1, 0.15) is 12.4 Å². The highest BCUT2D eigenvalue weighted by Gasteiger charge is 2.49. The molecule has 2 saturated carbocycles. The summed E-state index contributed by atoms with van der Waals surface area (Å²) in [6, 6.07) is 3.67. The molecule has 2 aromatic rings. The number of aromatic nitrogens is 3. The molecule has 2 aliphatic carbocycles. The fourth-order valence-corrected chi connectivity index (χ4v) is 6.51. The first-order valence-corrected chi connectivity index (χ1v) is 12.0. The number of fused-ring (bicyclic) bond motifs is 1. The summed E-state index contributed by atoms with van der Waals surface area (Å²) in [7, 11) is -3.08. The van der Waals surface area contributed by atoms with Crippen molar-refractivity contribution in [2.45, 2.75) is 50.9 Å². The molecule has 2 atom stereocenters. The molecule has 5 rings (SSSR count). The second-order valence-electron chi connectivity index (χ2n) is 8.59. The van der Waals surface area contributed by atoms with Crippen LogP contribution in [-0.4, -0.2) is 52.1 Å². The minimum Gasteiger partial charge on any atom is -0.474 e. The Labute approximate surface area is 176 Å². The van der Waals surface area contributed by atoms with E-state index in [-0.39, 0.29) is 11.4 Å². The Morgan fingerprint density at radius 3 is 2.40 bits per heavy atom. The lowest BCUT2D eigenvalue weighted by molar-refractivity contribution is 0.184. The lowest BCUT2D eigenvalue weighted by Gasteiger charge is -2.20. The Kier molecular flexibility index (Phi) is 4.89. The van der Waals surface area contributed by atoms with E-state index in [1.54, 1.807) is 10.5 Å². The van der Waals surface area contributed by atoms with Crippen LogP contribution in [0.5, 0.6) is 17.5 Å². The van der Waals surface area contributed by atoms with E-state index >= 15 is 0 Å². The van der Waals surface area contributed by atoms with E-state index in [0.29, 0.717) is 42.4 Å². The molecule has 30 heavy (non-hydrogen) atoms. The quantitative estimate of drug-likeness (QED) is 0.695. The van der Waals surface area contributed by atoms with E-state index in [0.717, 1.165) is 36.9 Å². The van der Waals surface area contributed by atoms with Crippen LogP contribution in [0.1, 0.15) is 36.9 Å². The SMILES string of the molecule is Cc1ncccc1Oc1ncnc(OC2CC3CN(S(=O)(=O)C4CC4)CC3C2)c1C. The minimum atomic E-state index is -3.08. The van der Waals surface area contributed by atoms with Gasteiger partial charge in [0, 0.05) is 19.3 Å². The lowest BCUT2D eigenvalue weighted by Crippen LogP contribution is -2.33. The summed E-state index contributed by atoms with van der Waals surface area (Å²) in [5, 5.41) is -0.131. The van der Waals surface area contributed by atoms with Gasteiger partial charge in [-0.3, -0.25) is 4.98 Å². The molecule has 8 nitrogen and oxygen atoms in total. The van der Waals surface area contributed by atoms with Crippen LogP contribution >= 0.6 is 0 Å². The first-order chi connectivity index (χ1) is 14.4. The topological polar surface area (TPSA) is 94.5 Å². The van der Waals surface area contributed by atoms with E-state index in [2.05, 4.69) is 15.0 Å². The van der Waals surface area contributed by atoms with Crippen LogP contribution in [0.2, 0.25) is 0 Å². The van der Waals surface area contributed by atoms with Crippen molar-refractivity contribution in [2.24, 2.45) is 11.8 Å². The predicted molar refractivity (Wildman–Crippen MR) is 110 cm³/mol. The Balaban J connectivity index is 1.24. The van der Waals surface area contributed by atoms with Crippen molar-refractivity contribution in [3.05, 3.63) is 35.9 Å². The highest BCUT2D eigenvalue weighted by atomic mass is 32.2. The zero-order valence-corrected chi connectivity index (χ0v) is 18.0. The van der Waals surface area contributed by atoms with E-state index in [9.17, 15) is 8.42 Å². The molecular weight excluding hydrogens is 404 g/mol. The number of aryl methyl sites for hydroxylation is 1. The average Bonchev–Trinajstić information content (AvgIpc) is 3.40. The number of hydrogen-bond acceptors (Lipinski definition) is 7. The number of ether oxygens (including phenoxy) is 2.